The summed E-state index contributed by atoms with van der Waals surface area (Å²) in [4.78, 5) is 22.8. The van der Waals surface area contributed by atoms with Crippen molar-refractivity contribution < 1.29 is 71.2 Å². The Morgan fingerprint density at radius 1 is 1.22 bits per heavy atom. The van der Waals surface area contributed by atoms with E-state index in [4.69, 9.17) is 0 Å². The summed E-state index contributed by atoms with van der Waals surface area (Å²) in [7, 11) is 0. The number of carboxylic acids is 1. The Bertz CT molecular complexity index is 713. The number of hydrogen-bond acceptors (Lipinski definition) is 4. The molecule has 4 rings (SSSR count). The van der Waals surface area contributed by atoms with Gasteiger partial charge in [-0.05, 0) is 85.2 Å². The molecule has 0 amide bonds. The molecule has 4 aliphatic rings. The first-order valence-electron chi connectivity index (χ1n) is 10.1. The Morgan fingerprint density at radius 3 is 2.63 bits per heavy atom. The van der Waals surface area contributed by atoms with Crippen LogP contribution in [0.1, 0.15) is 65.2 Å². The summed E-state index contributed by atoms with van der Waals surface area (Å²) < 4.78 is 0. The number of allylic oxidation sites excluding steroid dienone is 4. The van der Waals surface area contributed by atoms with Crippen LogP contribution in [0, 0.1) is 28.6 Å². The monoisotopic (exact) mass is 396 g/mol. The number of carbonyl (C=O) groups excluding carboxylic acids is 2. The summed E-state index contributed by atoms with van der Waals surface area (Å²) in [5.74, 6) is 0.444. The third kappa shape index (κ3) is 3.30. The van der Waals surface area contributed by atoms with Gasteiger partial charge in [-0.1, -0.05) is 26.0 Å². The number of rotatable bonds is 3. The molecule has 5 heteroatoms. The van der Waals surface area contributed by atoms with Gasteiger partial charge in [0.2, 0.25) is 0 Å². The molecule has 4 aliphatic carbocycles. The molecule has 0 spiro atoms. The van der Waals surface area contributed by atoms with Crippen molar-refractivity contribution >= 4 is 11.8 Å². The first-order valence-corrected chi connectivity index (χ1v) is 10.1. The number of fused-ring (bicyclic) bond motifs is 5. The average molecular weight is 397 g/mol. The molecule has 4 nitrogen and oxygen atoms in total. The number of aliphatic carboxylic acids is 1. The first kappa shape index (κ1) is 21.9. The van der Waals surface area contributed by atoms with Crippen molar-refractivity contribution in [2.45, 2.75) is 70.8 Å². The largest absolute Gasteiger partial charge is 1.00 e. The molecule has 0 saturated heterocycles. The number of carbonyl (C=O) groups is 2. The van der Waals surface area contributed by atoms with E-state index in [1.54, 1.807) is 0 Å². The molecule has 27 heavy (non-hydrogen) atoms. The Balaban J connectivity index is 0.00000210. The van der Waals surface area contributed by atoms with Crippen molar-refractivity contribution in [1.29, 1.82) is 0 Å². The van der Waals surface area contributed by atoms with Crippen LogP contribution in [0.25, 0.3) is 0 Å². The van der Waals surface area contributed by atoms with Crippen LogP contribution in [-0.2, 0) is 9.59 Å². The molecule has 6 atom stereocenters. The second kappa shape index (κ2) is 7.48. The van der Waals surface area contributed by atoms with Crippen molar-refractivity contribution in [3.63, 3.8) is 0 Å². The van der Waals surface area contributed by atoms with E-state index in [0.717, 1.165) is 25.7 Å². The second-order valence-corrected chi connectivity index (χ2v) is 9.53. The molecule has 0 aromatic carbocycles. The molecule has 0 aromatic rings. The fourth-order valence-electron chi connectivity index (χ4n) is 6.83. The van der Waals surface area contributed by atoms with E-state index in [0.29, 0.717) is 37.0 Å². The van der Waals surface area contributed by atoms with Gasteiger partial charge >= 0.3 is 51.4 Å². The van der Waals surface area contributed by atoms with Crippen LogP contribution in [0.3, 0.4) is 0 Å². The standard InChI is InChI=1S/C22H30O4.K/c1-20-9-5-15(23)13-14(20)3-4-16-17(20)6-10-21(2)18(16)7-11-22(21,26)12-8-19(24)25;/h3-4,13,16-18,26H,5-12H2,1-2H3,(H,24,25);/q;+1/p-1/t16-,17+,18-,20-,21-,22+;/m1./s1. The molecule has 2 fully saturated rings. The van der Waals surface area contributed by atoms with Gasteiger partial charge in [0.05, 0.1) is 5.60 Å². The van der Waals surface area contributed by atoms with Crippen LogP contribution in [0.5, 0.6) is 0 Å². The molecule has 2 saturated carbocycles. The van der Waals surface area contributed by atoms with E-state index in [1.165, 1.54) is 5.57 Å². The zero-order valence-corrected chi connectivity index (χ0v) is 19.9. The summed E-state index contributed by atoms with van der Waals surface area (Å²) in [6.45, 7) is 4.48. The topological polar surface area (TPSA) is 77.4 Å². The van der Waals surface area contributed by atoms with Crippen molar-refractivity contribution in [2.75, 3.05) is 0 Å². The minimum Gasteiger partial charge on any atom is -0.550 e. The van der Waals surface area contributed by atoms with Crippen LogP contribution in [-0.4, -0.2) is 22.5 Å². The second-order valence-electron chi connectivity index (χ2n) is 9.53. The van der Waals surface area contributed by atoms with E-state index >= 15 is 0 Å². The Kier molecular flexibility index (Phi) is 6.07. The van der Waals surface area contributed by atoms with Gasteiger partial charge in [-0.3, -0.25) is 4.79 Å². The maximum Gasteiger partial charge on any atom is 1.00 e. The van der Waals surface area contributed by atoms with Gasteiger partial charge in [0.25, 0.3) is 0 Å². The number of carboxylic acid groups (broad SMARTS) is 1. The molecular weight excluding hydrogens is 367 g/mol. The normalized spacial score (nSPS) is 45.2. The van der Waals surface area contributed by atoms with Crippen LogP contribution < -0.4 is 56.5 Å². The summed E-state index contributed by atoms with van der Waals surface area (Å²) in [6, 6.07) is 0. The SMILES string of the molecule is C[C@@]12CCC(=O)C=C1C=C[C@H]1[C@H]3CC[C@](O)(CCC(=O)[O-])[C@]3(C)CC[C@@H]12.[K+]. The van der Waals surface area contributed by atoms with Gasteiger partial charge in [-0.15, -0.1) is 0 Å². The van der Waals surface area contributed by atoms with E-state index < -0.39 is 11.6 Å². The predicted molar refractivity (Wildman–Crippen MR) is 95.8 cm³/mol. The maximum atomic E-state index is 11.9. The number of ketones is 1. The van der Waals surface area contributed by atoms with Crippen LogP contribution >= 0.6 is 0 Å². The third-order valence-electron chi connectivity index (χ3n) is 8.58. The average Bonchev–Trinajstić information content (AvgIpc) is 2.86. The zero-order chi connectivity index (χ0) is 18.7. The van der Waals surface area contributed by atoms with E-state index in [9.17, 15) is 19.8 Å². The van der Waals surface area contributed by atoms with Crippen LogP contribution in [0.15, 0.2) is 23.8 Å². The van der Waals surface area contributed by atoms with Crippen LogP contribution in [0.4, 0.5) is 0 Å². The molecule has 142 valence electrons. The summed E-state index contributed by atoms with van der Waals surface area (Å²) >= 11 is 0. The third-order valence-corrected chi connectivity index (χ3v) is 8.58. The Morgan fingerprint density at radius 2 is 1.93 bits per heavy atom. The summed E-state index contributed by atoms with van der Waals surface area (Å²) in [6.07, 6.45) is 11.6. The molecule has 0 unspecified atom stereocenters. The van der Waals surface area contributed by atoms with Crippen molar-refractivity contribution in [3.05, 3.63) is 23.8 Å². The van der Waals surface area contributed by atoms with Gasteiger partial charge in [0, 0.05) is 12.4 Å². The first-order chi connectivity index (χ1) is 12.2. The minimum absolute atomic E-state index is 0. The van der Waals surface area contributed by atoms with E-state index in [-0.39, 0.29) is 74.4 Å². The van der Waals surface area contributed by atoms with Crippen molar-refractivity contribution in [1.82, 2.24) is 0 Å². The van der Waals surface area contributed by atoms with E-state index in [1.807, 2.05) is 6.08 Å². The summed E-state index contributed by atoms with van der Waals surface area (Å²) in [5.41, 5.74) is 0.0933. The minimum atomic E-state index is -1.08. The van der Waals surface area contributed by atoms with Crippen molar-refractivity contribution in [2.24, 2.45) is 28.6 Å². The Hall–Kier alpha value is 0.216. The molecule has 0 bridgehead atoms. The molecule has 0 aromatic heterocycles. The van der Waals surface area contributed by atoms with Crippen LogP contribution in [0.2, 0.25) is 0 Å². The molecular formula is C22H29KO4. The molecule has 0 aliphatic heterocycles. The van der Waals surface area contributed by atoms with Gasteiger partial charge < -0.3 is 15.0 Å². The van der Waals surface area contributed by atoms with Gasteiger partial charge in [0.15, 0.2) is 5.78 Å². The predicted octanol–water partition coefficient (Wildman–Crippen LogP) is -0.440. The maximum absolute atomic E-state index is 11.9. The molecule has 0 heterocycles. The van der Waals surface area contributed by atoms with Crippen molar-refractivity contribution in [3.8, 4) is 0 Å². The zero-order valence-electron chi connectivity index (χ0n) is 16.8. The number of aliphatic hydroxyl groups is 1. The Labute approximate surface area is 204 Å². The fraction of sp³-hybridized carbons (Fsp3) is 0.727. The summed E-state index contributed by atoms with van der Waals surface area (Å²) in [5, 5.41) is 22.3. The fourth-order valence-corrected chi connectivity index (χ4v) is 6.83. The number of hydrogen-bond donors (Lipinski definition) is 1. The van der Waals surface area contributed by atoms with Gasteiger partial charge in [0.1, 0.15) is 0 Å². The molecule has 0 radical (unpaired) electrons. The van der Waals surface area contributed by atoms with E-state index in [2.05, 4.69) is 26.0 Å². The van der Waals surface area contributed by atoms with Gasteiger partial charge in [-0.2, -0.15) is 0 Å². The molecule has 1 N–H and O–H groups in total. The quantitative estimate of drug-likeness (QED) is 0.656. The van der Waals surface area contributed by atoms with Gasteiger partial charge in [-0.25, -0.2) is 0 Å². The smallest absolute Gasteiger partial charge is 0.550 e.